The summed E-state index contributed by atoms with van der Waals surface area (Å²) in [6.07, 6.45) is 3.58. The largest absolute Gasteiger partial charge is 0.375 e. The number of hydrogen-bond donors (Lipinski definition) is 1. The lowest BCUT2D eigenvalue weighted by molar-refractivity contribution is -0.135. The number of nitrogens with zero attached hydrogens (tertiary/aromatic N) is 6. The lowest BCUT2D eigenvalue weighted by Crippen LogP contribution is -2.49. The van der Waals surface area contributed by atoms with Gasteiger partial charge in [-0.3, -0.25) is 9.78 Å². The standard InChI is InChI=1S/C21H21N7O2S2/c1-30-12-18(29)28-9-7-27(8-10-28)16-3-2-6-23-19(16)26-21-25-15-5-4-14(24-20(15)32-21)17-11-22-13-31-17/h2-6,11,13H,7-10,12H2,1H3,(H,23,25,26). The Kier molecular flexibility index (Phi) is 5.93. The zero-order chi connectivity index (χ0) is 21.9. The second kappa shape index (κ2) is 9.15. The van der Waals surface area contributed by atoms with Crippen LogP contribution in [0.15, 0.2) is 42.2 Å². The molecule has 0 unspecified atom stereocenters. The van der Waals surface area contributed by atoms with Gasteiger partial charge in [0.2, 0.25) is 5.91 Å². The highest BCUT2D eigenvalue weighted by Crippen LogP contribution is 2.33. The SMILES string of the molecule is COCC(=O)N1CCN(c2cccnc2Nc2nc3ccc(-c4cncs4)nc3s2)CC1. The summed E-state index contributed by atoms with van der Waals surface area (Å²) in [5.74, 6) is 0.766. The summed E-state index contributed by atoms with van der Waals surface area (Å²) >= 11 is 3.06. The highest BCUT2D eigenvalue weighted by Gasteiger charge is 2.23. The predicted molar refractivity (Wildman–Crippen MR) is 127 cm³/mol. The van der Waals surface area contributed by atoms with Crippen molar-refractivity contribution in [2.45, 2.75) is 0 Å². The third kappa shape index (κ3) is 4.27. The molecule has 11 heteroatoms. The van der Waals surface area contributed by atoms with Crippen molar-refractivity contribution in [2.24, 2.45) is 0 Å². The molecule has 1 aliphatic heterocycles. The molecule has 32 heavy (non-hydrogen) atoms. The van der Waals surface area contributed by atoms with E-state index in [9.17, 15) is 4.79 Å². The van der Waals surface area contributed by atoms with Gasteiger partial charge in [-0.15, -0.1) is 11.3 Å². The van der Waals surface area contributed by atoms with E-state index in [-0.39, 0.29) is 12.5 Å². The summed E-state index contributed by atoms with van der Waals surface area (Å²) in [5.41, 5.74) is 4.53. The van der Waals surface area contributed by atoms with Crippen LogP contribution in [0, 0.1) is 0 Å². The third-order valence-electron chi connectivity index (χ3n) is 5.19. The summed E-state index contributed by atoms with van der Waals surface area (Å²) in [6.45, 7) is 2.89. The van der Waals surface area contributed by atoms with E-state index in [2.05, 4.69) is 25.2 Å². The molecule has 5 heterocycles. The predicted octanol–water partition coefficient (Wildman–Crippen LogP) is 3.25. The Morgan fingerprint density at radius 3 is 2.84 bits per heavy atom. The summed E-state index contributed by atoms with van der Waals surface area (Å²) in [5, 5.41) is 4.11. The number of amides is 1. The highest BCUT2D eigenvalue weighted by molar-refractivity contribution is 7.21. The van der Waals surface area contributed by atoms with Gasteiger partial charge in [-0.1, -0.05) is 11.3 Å². The van der Waals surface area contributed by atoms with Crippen molar-refractivity contribution in [3.8, 4) is 10.6 Å². The zero-order valence-electron chi connectivity index (χ0n) is 17.4. The topological polar surface area (TPSA) is 96.4 Å². The number of pyridine rings is 2. The van der Waals surface area contributed by atoms with Gasteiger partial charge in [-0.2, -0.15) is 0 Å². The Morgan fingerprint density at radius 2 is 2.06 bits per heavy atom. The molecule has 0 bridgehead atoms. The van der Waals surface area contributed by atoms with Crippen LogP contribution in [0.5, 0.6) is 0 Å². The van der Waals surface area contributed by atoms with Crippen molar-refractivity contribution < 1.29 is 9.53 Å². The van der Waals surface area contributed by atoms with E-state index in [4.69, 9.17) is 9.72 Å². The number of anilines is 3. The van der Waals surface area contributed by atoms with Gasteiger partial charge in [0.15, 0.2) is 10.9 Å². The number of nitrogens with one attached hydrogen (secondary N) is 1. The lowest BCUT2D eigenvalue weighted by Gasteiger charge is -2.36. The number of carbonyl (C=O) groups is 1. The Bertz CT molecular complexity index is 1220. The molecule has 1 N–H and O–H groups in total. The van der Waals surface area contributed by atoms with Crippen molar-refractivity contribution in [1.82, 2.24) is 24.8 Å². The van der Waals surface area contributed by atoms with Gasteiger partial charge in [0.05, 0.1) is 21.8 Å². The normalized spacial score (nSPS) is 14.2. The van der Waals surface area contributed by atoms with Gasteiger partial charge >= 0.3 is 0 Å². The molecule has 0 aliphatic carbocycles. The van der Waals surface area contributed by atoms with Crippen molar-refractivity contribution in [2.75, 3.05) is 50.1 Å². The Labute approximate surface area is 192 Å². The number of aromatic nitrogens is 4. The number of rotatable bonds is 6. The maximum atomic E-state index is 12.1. The minimum Gasteiger partial charge on any atom is -0.375 e. The van der Waals surface area contributed by atoms with Crippen molar-refractivity contribution >= 4 is 55.6 Å². The molecule has 1 amide bonds. The van der Waals surface area contributed by atoms with Crippen LogP contribution in [0.1, 0.15) is 0 Å². The Hall–Kier alpha value is -3.15. The molecular weight excluding hydrogens is 446 g/mol. The number of methoxy groups -OCH3 is 1. The number of fused-ring (bicyclic) bond motifs is 1. The first kappa shape index (κ1) is 20.7. The third-order valence-corrected chi connectivity index (χ3v) is 6.87. The molecule has 0 saturated carbocycles. The number of ether oxygens (including phenoxy) is 1. The first-order valence-corrected chi connectivity index (χ1v) is 11.8. The van der Waals surface area contributed by atoms with Crippen LogP contribution < -0.4 is 10.2 Å². The molecule has 0 atom stereocenters. The van der Waals surface area contributed by atoms with Crippen LogP contribution in [0.4, 0.5) is 16.6 Å². The lowest BCUT2D eigenvalue weighted by atomic mass is 10.2. The van der Waals surface area contributed by atoms with Gasteiger partial charge in [-0.25, -0.2) is 15.0 Å². The Balaban J connectivity index is 1.33. The first-order chi connectivity index (χ1) is 15.7. The maximum Gasteiger partial charge on any atom is 0.248 e. The van der Waals surface area contributed by atoms with E-state index in [1.54, 1.807) is 30.2 Å². The van der Waals surface area contributed by atoms with Crippen LogP contribution in [-0.4, -0.2) is 70.6 Å². The maximum absolute atomic E-state index is 12.1. The molecule has 164 valence electrons. The second-order valence-electron chi connectivity index (χ2n) is 7.20. The number of piperazine rings is 1. The van der Waals surface area contributed by atoms with Crippen LogP contribution in [-0.2, 0) is 9.53 Å². The van der Waals surface area contributed by atoms with Crippen molar-refractivity contribution in [3.63, 3.8) is 0 Å². The van der Waals surface area contributed by atoms with E-state index in [1.807, 2.05) is 35.4 Å². The van der Waals surface area contributed by atoms with Gasteiger partial charge in [0.1, 0.15) is 17.0 Å². The zero-order valence-corrected chi connectivity index (χ0v) is 19.0. The van der Waals surface area contributed by atoms with Gasteiger partial charge in [-0.05, 0) is 24.3 Å². The molecule has 4 aromatic rings. The van der Waals surface area contributed by atoms with Crippen LogP contribution in [0.2, 0.25) is 0 Å². The van der Waals surface area contributed by atoms with E-state index in [1.165, 1.54) is 11.3 Å². The van der Waals surface area contributed by atoms with E-state index >= 15 is 0 Å². The number of thiazole rings is 2. The van der Waals surface area contributed by atoms with Gasteiger partial charge in [0.25, 0.3) is 0 Å². The fraction of sp³-hybridized carbons (Fsp3) is 0.286. The number of hydrogen-bond acceptors (Lipinski definition) is 10. The molecule has 5 rings (SSSR count). The molecule has 0 spiro atoms. The second-order valence-corrected chi connectivity index (χ2v) is 9.07. The minimum atomic E-state index is 0.0244. The highest BCUT2D eigenvalue weighted by atomic mass is 32.1. The minimum absolute atomic E-state index is 0.0244. The first-order valence-electron chi connectivity index (χ1n) is 10.1. The molecule has 1 aliphatic rings. The molecule has 0 radical (unpaired) electrons. The van der Waals surface area contributed by atoms with E-state index < -0.39 is 0 Å². The molecule has 9 nitrogen and oxygen atoms in total. The van der Waals surface area contributed by atoms with Crippen LogP contribution in [0.25, 0.3) is 20.9 Å². The van der Waals surface area contributed by atoms with Gasteiger partial charge < -0.3 is 19.9 Å². The summed E-state index contributed by atoms with van der Waals surface area (Å²) in [4.78, 5) is 36.1. The average molecular weight is 468 g/mol. The average Bonchev–Trinajstić information content (AvgIpc) is 3.49. The molecule has 4 aromatic heterocycles. The van der Waals surface area contributed by atoms with Crippen molar-refractivity contribution in [3.05, 3.63) is 42.2 Å². The quantitative estimate of drug-likeness (QED) is 0.462. The number of carbonyl (C=O) groups excluding carboxylic acids is 1. The summed E-state index contributed by atoms with van der Waals surface area (Å²) in [6, 6.07) is 7.91. The van der Waals surface area contributed by atoms with Crippen LogP contribution in [0.3, 0.4) is 0 Å². The molecule has 1 fully saturated rings. The monoisotopic (exact) mass is 467 g/mol. The summed E-state index contributed by atoms with van der Waals surface area (Å²) in [7, 11) is 1.54. The smallest absolute Gasteiger partial charge is 0.248 e. The van der Waals surface area contributed by atoms with E-state index in [0.29, 0.717) is 13.1 Å². The summed E-state index contributed by atoms with van der Waals surface area (Å²) < 4.78 is 4.97. The van der Waals surface area contributed by atoms with Crippen LogP contribution >= 0.6 is 22.7 Å². The fourth-order valence-electron chi connectivity index (χ4n) is 3.61. The Morgan fingerprint density at radius 1 is 1.19 bits per heavy atom. The molecule has 1 saturated heterocycles. The van der Waals surface area contributed by atoms with Gasteiger partial charge in [0, 0.05) is 45.7 Å². The van der Waals surface area contributed by atoms with E-state index in [0.717, 1.165) is 50.6 Å². The van der Waals surface area contributed by atoms with Crippen molar-refractivity contribution in [1.29, 1.82) is 0 Å². The molecule has 0 aromatic carbocycles. The fourth-order valence-corrected chi connectivity index (χ4v) is 5.04. The molecular formula is C21H21N7O2S2.